The number of azo groups is 1. The van der Waals surface area contributed by atoms with Gasteiger partial charge in [0.1, 0.15) is 5.69 Å². The molecule has 3 rings (SSSR count). The highest BCUT2D eigenvalue weighted by atomic mass is 16.2. The molecule has 0 bridgehead atoms. The SMILES string of the molecule is Cc1ccccc1/N=N/c1ccc(NC(=O)c2ccnn2C)cc1C. The van der Waals surface area contributed by atoms with Crippen molar-refractivity contribution in [3.05, 3.63) is 71.5 Å². The Labute approximate surface area is 146 Å². The van der Waals surface area contributed by atoms with Gasteiger partial charge < -0.3 is 5.32 Å². The number of nitrogens with one attached hydrogen (secondary N) is 1. The van der Waals surface area contributed by atoms with E-state index in [2.05, 4.69) is 20.6 Å². The van der Waals surface area contributed by atoms with Gasteiger partial charge in [0.2, 0.25) is 0 Å². The zero-order chi connectivity index (χ0) is 17.8. The Balaban J connectivity index is 1.76. The summed E-state index contributed by atoms with van der Waals surface area (Å²) in [5.74, 6) is -0.200. The first-order valence-corrected chi connectivity index (χ1v) is 7.92. The van der Waals surface area contributed by atoms with Crippen LogP contribution in [0, 0.1) is 13.8 Å². The molecular formula is C19H19N5O. The normalized spacial score (nSPS) is 11.0. The van der Waals surface area contributed by atoms with Crippen LogP contribution in [0.25, 0.3) is 0 Å². The minimum Gasteiger partial charge on any atom is -0.321 e. The van der Waals surface area contributed by atoms with Crippen LogP contribution in [-0.2, 0) is 7.05 Å². The summed E-state index contributed by atoms with van der Waals surface area (Å²) in [6.45, 7) is 3.93. The van der Waals surface area contributed by atoms with E-state index in [-0.39, 0.29) is 5.91 Å². The third-order valence-electron chi connectivity index (χ3n) is 3.89. The van der Waals surface area contributed by atoms with Gasteiger partial charge in [0, 0.05) is 18.9 Å². The van der Waals surface area contributed by atoms with Gasteiger partial charge in [-0.25, -0.2) is 0 Å². The summed E-state index contributed by atoms with van der Waals surface area (Å²) in [5, 5.41) is 15.5. The number of hydrogen-bond acceptors (Lipinski definition) is 4. The molecule has 1 heterocycles. The van der Waals surface area contributed by atoms with Crippen LogP contribution in [0.15, 0.2) is 65.0 Å². The molecule has 2 aromatic carbocycles. The topological polar surface area (TPSA) is 71.6 Å². The number of aromatic nitrogens is 2. The van der Waals surface area contributed by atoms with Gasteiger partial charge in [0.15, 0.2) is 0 Å². The Morgan fingerprint density at radius 2 is 1.72 bits per heavy atom. The van der Waals surface area contributed by atoms with E-state index in [0.29, 0.717) is 11.4 Å². The Hall–Kier alpha value is -3.28. The molecule has 0 aliphatic heterocycles. The molecule has 0 atom stereocenters. The zero-order valence-corrected chi connectivity index (χ0v) is 14.4. The van der Waals surface area contributed by atoms with Gasteiger partial charge in [0.25, 0.3) is 5.91 Å². The van der Waals surface area contributed by atoms with Crippen LogP contribution in [0.4, 0.5) is 17.1 Å². The zero-order valence-electron chi connectivity index (χ0n) is 14.4. The van der Waals surface area contributed by atoms with E-state index in [9.17, 15) is 4.79 Å². The van der Waals surface area contributed by atoms with Crippen LogP contribution in [0.5, 0.6) is 0 Å². The van der Waals surface area contributed by atoms with E-state index >= 15 is 0 Å². The maximum atomic E-state index is 12.2. The largest absolute Gasteiger partial charge is 0.321 e. The summed E-state index contributed by atoms with van der Waals surface area (Å²) < 4.78 is 1.53. The molecule has 6 nitrogen and oxygen atoms in total. The third kappa shape index (κ3) is 3.80. The summed E-state index contributed by atoms with van der Waals surface area (Å²) in [6.07, 6.45) is 1.59. The molecule has 0 unspecified atom stereocenters. The van der Waals surface area contributed by atoms with Gasteiger partial charge in [0.05, 0.1) is 11.4 Å². The van der Waals surface area contributed by atoms with Crippen molar-refractivity contribution in [3.8, 4) is 0 Å². The first-order valence-electron chi connectivity index (χ1n) is 7.92. The van der Waals surface area contributed by atoms with Crippen LogP contribution >= 0.6 is 0 Å². The summed E-state index contributed by atoms with van der Waals surface area (Å²) in [5.41, 5.74) is 4.82. The molecule has 0 aliphatic rings. The average Bonchev–Trinajstić information content (AvgIpc) is 3.01. The summed E-state index contributed by atoms with van der Waals surface area (Å²) in [7, 11) is 1.73. The monoisotopic (exact) mass is 333 g/mol. The maximum Gasteiger partial charge on any atom is 0.273 e. The van der Waals surface area contributed by atoms with Gasteiger partial charge in [-0.1, -0.05) is 18.2 Å². The number of benzene rings is 2. The van der Waals surface area contributed by atoms with Crippen LogP contribution in [0.1, 0.15) is 21.6 Å². The van der Waals surface area contributed by atoms with Crippen molar-refractivity contribution < 1.29 is 4.79 Å². The quantitative estimate of drug-likeness (QED) is 0.703. The fourth-order valence-corrected chi connectivity index (χ4v) is 2.42. The number of aryl methyl sites for hydroxylation is 3. The van der Waals surface area contributed by atoms with Gasteiger partial charge >= 0.3 is 0 Å². The minimum absolute atomic E-state index is 0.200. The van der Waals surface area contributed by atoms with E-state index in [4.69, 9.17) is 0 Å². The lowest BCUT2D eigenvalue weighted by Gasteiger charge is -2.07. The van der Waals surface area contributed by atoms with Gasteiger partial charge in [-0.05, 0) is 55.3 Å². The van der Waals surface area contributed by atoms with Crippen LogP contribution < -0.4 is 5.32 Å². The van der Waals surface area contributed by atoms with Crippen molar-refractivity contribution in [2.24, 2.45) is 17.3 Å². The summed E-state index contributed by atoms with van der Waals surface area (Å²) in [4.78, 5) is 12.2. The minimum atomic E-state index is -0.200. The molecule has 0 spiro atoms. The molecule has 6 heteroatoms. The Morgan fingerprint density at radius 3 is 2.36 bits per heavy atom. The van der Waals surface area contributed by atoms with Gasteiger partial charge in [-0.15, -0.1) is 0 Å². The predicted molar refractivity (Wildman–Crippen MR) is 97.7 cm³/mol. The van der Waals surface area contributed by atoms with Crippen molar-refractivity contribution in [2.45, 2.75) is 13.8 Å². The molecule has 0 saturated carbocycles. The second kappa shape index (κ2) is 7.09. The highest BCUT2D eigenvalue weighted by Crippen LogP contribution is 2.26. The number of amides is 1. The molecule has 0 saturated heterocycles. The number of rotatable bonds is 4. The molecule has 126 valence electrons. The van der Waals surface area contributed by atoms with Crippen molar-refractivity contribution >= 4 is 23.0 Å². The van der Waals surface area contributed by atoms with Crippen LogP contribution in [0.2, 0.25) is 0 Å². The van der Waals surface area contributed by atoms with E-state index in [1.54, 1.807) is 19.3 Å². The average molecular weight is 333 g/mol. The third-order valence-corrected chi connectivity index (χ3v) is 3.89. The number of hydrogen-bond donors (Lipinski definition) is 1. The lowest BCUT2D eigenvalue weighted by atomic mass is 10.2. The number of anilines is 1. The molecule has 0 fully saturated rings. The second-order valence-corrected chi connectivity index (χ2v) is 5.78. The van der Waals surface area contributed by atoms with Crippen LogP contribution in [-0.4, -0.2) is 15.7 Å². The van der Waals surface area contributed by atoms with Crippen molar-refractivity contribution in [3.63, 3.8) is 0 Å². The van der Waals surface area contributed by atoms with Gasteiger partial charge in [-0.2, -0.15) is 15.3 Å². The molecule has 0 aliphatic carbocycles. The molecule has 25 heavy (non-hydrogen) atoms. The number of carbonyl (C=O) groups excluding carboxylic acids is 1. The van der Waals surface area contributed by atoms with E-state index in [1.807, 2.05) is 56.3 Å². The molecule has 0 radical (unpaired) electrons. The Kier molecular flexibility index (Phi) is 4.70. The smallest absolute Gasteiger partial charge is 0.273 e. The number of carbonyl (C=O) groups is 1. The summed E-state index contributed by atoms with van der Waals surface area (Å²) in [6, 6.07) is 15.0. The lowest BCUT2D eigenvalue weighted by Crippen LogP contribution is -2.16. The van der Waals surface area contributed by atoms with Crippen molar-refractivity contribution in [1.29, 1.82) is 0 Å². The fourth-order valence-electron chi connectivity index (χ4n) is 2.42. The fraction of sp³-hybridized carbons (Fsp3) is 0.158. The standard InChI is InChI=1S/C19H19N5O/c1-13-6-4-5-7-16(13)22-23-17-9-8-15(12-14(17)2)21-19(25)18-10-11-20-24(18)3/h4-12H,1-3H3,(H,21,25)/b23-22+. The highest BCUT2D eigenvalue weighted by molar-refractivity contribution is 6.03. The Morgan fingerprint density at radius 1 is 1.00 bits per heavy atom. The molecular weight excluding hydrogens is 314 g/mol. The first kappa shape index (κ1) is 16.6. The van der Waals surface area contributed by atoms with Crippen molar-refractivity contribution in [2.75, 3.05) is 5.32 Å². The molecule has 3 aromatic rings. The van der Waals surface area contributed by atoms with E-state index in [1.165, 1.54) is 4.68 Å². The summed E-state index contributed by atoms with van der Waals surface area (Å²) >= 11 is 0. The van der Waals surface area contributed by atoms with Crippen molar-refractivity contribution in [1.82, 2.24) is 9.78 Å². The number of nitrogens with zero attached hydrogens (tertiary/aromatic N) is 4. The lowest BCUT2D eigenvalue weighted by molar-refractivity contribution is 0.101. The molecule has 1 N–H and O–H groups in total. The van der Waals surface area contributed by atoms with Crippen LogP contribution in [0.3, 0.4) is 0 Å². The highest BCUT2D eigenvalue weighted by Gasteiger charge is 2.10. The second-order valence-electron chi connectivity index (χ2n) is 5.78. The Bertz CT molecular complexity index is 942. The van der Waals surface area contributed by atoms with Gasteiger partial charge in [-0.3, -0.25) is 9.48 Å². The molecule has 1 aromatic heterocycles. The predicted octanol–water partition coefficient (Wildman–Crippen LogP) is 4.70. The first-order chi connectivity index (χ1) is 12.0. The van der Waals surface area contributed by atoms with E-state index < -0.39 is 0 Å². The van der Waals surface area contributed by atoms with E-state index in [0.717, 1.165) is 22.5 Å². The molecule has 1 amide bonds. The maximum absolute atomic E-state index is 12.2.